The molecule has 1 aromatic heterocycles. The summed E-state index contributed by atoms with van der Waals surface area (Å²) in [5, 5.41) is 5.10. The van der Waals surface area contributed by atoms with E-state index in [2.05, 4.69) is 4.98 Å². The van der Waals surface area contributed by atoms with Crippen LogP contribution in [0.2, 0.25) is 0 Å². The normalized spacial score (nSPS) is 11.3. The van der Waals surface area contributed by atoms with Crippen molar-refractivity contribution >= 4 is 10.0 Å². The highest BCUT2D eigenvalue weighted by molar-refractivity contribution is 7.89. The average molecular weight is 278 g/mol. The maximum atomic E-state index is 11.3. The van der Waals surface area contributed by atoms with Crippen molar-refractivity contribution in [2.45, 2.75) is 11.8 Å². The molecule has 0 atom stereocenters. The second-order valence-corrected chi connectivity index (χ2v) is 5.67. The summed E-state index contributed by atoms with van der Waals surface area (Å²) in [5.41, 5.74) is 2.61. The Hall–Kier alpha value is -1.92. The zero-order chi connectivity index (χ0) is 14.0. The molecule has 100 valence electrons. The van der Waals surface area contributed by atoms with E-state index < -0.39 is 10.0 Å². The van der Waals surface area contributed by atoms with Crippen LogP contribution >= 0.6 is 0 Å². The minimum atomic E-state index is -3.67. The van der Waals surface area contributed by atoms with Gasteiger partial charge in [-0.25, -0.2) is 18.5 Å². The van der Waals surface area contributed by atoms with Gasteiger partial charge in [0.25, 0.3) is 0 Å². The molecule has 0 unspecified atom stereocenters. The summed E-state index contributed by atoms with van der Waals surface area (Å²) in [7, 11) is -2.12. The zero-order valence-corrected chi connectivity index (χ0v) is 11.4. The van der Waals surface area contributed by atoms with Crippen molar-refractivity contribution < 1.29 is 13.2 Å². The third-order valence-corrected chi connectivity index (χ3v) is 3.69. The van der Waals surface area contributed by atoms with E-state index in [1.54, 1.807) is 31.5 Å². The molecule has 2 rings (SSSR count). The van der Waals surface area contributed by atoms with Crippen molar-refractivity contribution in [3.63, 3.8) is 0 Å². The zero-order valence-electron chi connectivity index (χ0n) is 10.6. The molecule has 5 nitrogen and oxygen atoms in total. The molecular weight excluding hydrogens is 264 g/mol. The van der Waals surface area contributed by atoms with Crippen LogP contribution in [-0.2, 0) is 10.0 Å². The van der Waals surface area contributed by atoms with Crippen LogP contribution in [0.25, 0.3) is 11.1 Å². The fraction of sp³-hybridized carbons (Fsp3) is 0.154. The molecule has 19 heavy (non-hydrogen) atoms. The molecule has 1 heterocycles. The number of rotatable bonds is 3. The van der Waals surface area contributed by atoms with Gasteiger partial charge in [-0.15, -0.1) is 0 Å². The number of nitrogens with two attached hydrogens (primary N) is 1. The Labute approximate surface area is 112 Å². The Morgan fingerprint density at radius 3 is 2.42 bits per heavy atom. The van der Waals surface area contributed by atoms with Crippen LogP contribution < -0.4 is 9.88 Å². The van der Waals surface area contributed by atoms with E-state index in [1.165, 1.54) is 6.07 Å². The van der Waals surface area contributed by atoms with Gasteiger partial charge >= 0.3 is 0 Å². The first-order chi connectivity index (χ1) is 8.91. The van der Waals surface area contributed by atoms with E-state index in [1.807, 2.05) is 13.0 Å². The van der Waals surface area contributed by atoms with Crippen LogP contribution in [0.1, 0.15) is 5.56 Å². The number of pyridine rings is 1. The molecular formula is C13H14N2O3S. The highest BCUT2D eigenvalue weighted by Crippen LogP contribution is 2.25. The Morgan fingerprint density at radius 2 is 1.95 bits per heavy atom. The van der Waals surface area contributed by atoms with E-state index >= 15 is 0 Å². The van der Waals surface area contributed by atoms with Gasteiger partial charge in [-0.05, 0) is 36.2 Å². The second kappa shape index (κ2) is 4.99. The summed E-state index contributed by atoms with van der Waals surface area (Å²) in [4.78, 5) is 4.23. The van der Waals surface area contributed by atoms with Crippen molar-refractivity contribution in [3.8, 4) is 17.0 Å². The lowest BCUT2D eigenvalue weighted by Crippen LogP contribution is -2.12. The van der Waals surface area contributed by atoms with E-state index in [9.17, 15) is 8.42 Å². The summed E-state index contributed by atoms with van der Waals surface area (Å²) in [6.07, 6.45) is 1.68. The number of primary sulfonamides is 1. The van der Waals surface area contributed by atoms with Crippen molar-refractivity contribution in [1.82, 2.24) is 4.98 Å². The van der Waals surface area contributed by atoms with Gasteiger partial charge in [0.2, 0.25) is 15.9 Å². The second-order valence-electron chi connectivity index (χ2n) is 4.11. The molecule has 1 aromatic carbocycles. The predicted molar refractivity (Wildman–Crippen MR) is 72.3 cm³/mol. The topological polar surface area (TPSA) is 82.3 Å². The molecule has 0 spiro atoms. The Bertz CT molecular complexity index is 694. The third-order valence-electron chi connectivity index (χ3n) is 2.78. The fourth-order valence-electron chi connectivity index (χ4n) is 1.80. The summed E-state index contributed by atoms with van der Waals surface area (Å²) in [6, 6.07) is 8.38. The van der Waals surface area contributed by atoms with Gasteiger partial charge in [-0.3, -0.25) is 0 Å². The summed E-state index contributed by atoms with van der Waals surface area (Å²) >= 11 is 0. The smallest absolute Gasteiger partial charge is 0.238 e. The first-order valence-corrected chi connectivity index (χ1v) is 7.10. The van der Waals surface area contributed by atoms with E-state index in [0.29, 0.717) is 5.88 Å². The number of sulfonamides is 1. The Kier molecular flexibility index (Phi) is 3.55. The maximum Gasteiger partial charge on any atom is 0.238 e. The predicted octanol–water partition coefficient (Wildman–Crippen LogP) is 1.71. The molecule has 2 N–H and O–H groups in total. The number of methoxy groups -OCH3 is 1. The molecule has 0 saturated heterocycles. The molecule has 2 aromatic rings. The van der Waals surface area contributed by atoms with Crippen LogP contribution in [0.4, 0.5) is 0 Å². The number of hydrogen-bond acceptors (Lipinski definition) is 4. The molecule has 0 amide bonds. The first-order valence-electron chi connectivity index (χ1n) is 5.55. The lowest BCUT2D eigenvalue weighted by molar-refractivity contribution is 0.398. The fourth-order valence-corrected chi connectivity index (χ4v) is 2.40. The molecule has 0 saturated carbocycles. The Balaban J connectivity index is 2.46. The van der Waals surface area contributed by atoms with Gasteiger partial charge in [0.1, 0.15) is 0 Å². The molecule has 0 bridgehead atoms. The van der Waals surface area contributed by atoms with Crippen LogP contribution in [-0.4, -0.2) is 20.5 Å². The minimum absolute atomic E-state index is 0.107. The van der Waals surface area contributed by atoms with Crippen LogP contribution in [0.3, 0.4) is 0 Å². The van der Waals surface area contributed by atoms with Gasteiger partial charge in [-0.1, -0.05) is 6.07 Å². The quantitative estimate of drug-likeness (QED) is 0.926. The van der Waals surface area contributed by atoms with Gasteiger partial charge in [-0.2, -0.15) is 0 Å². The number of benzene rings is 1. The summed E-state index contributed by atoms with van der Waals surface area (Å²) < 4.78 is 27.5. The van der Waals surface area contributed by atoms with Crippen molar-refractivity contribution in [3.05, 3.63) is 42.1 Å². The van der Waals surface area contributed by atoms with Gasteiger partial charge in [0.15, 0.2) is 0 Å². The minimum Gasteiger partial charge on any atom is -0.481 e. The van der Waals surface area contributed by atoms with Crippen LogP contribution in [0.15, 0.2) is 41.4 Å². The lowest BCUT2D eigenvalue weighted by Gasteiger charge is -2.08. The standard InChI is InChI=1S/C13H14N2O3S/c1-9-7-11(19(14,16)17)4-5-12(9)10-3-6-13(18-2)15-8-10/h3-8H,1-2H3,(H2,14,16,17). The number of ether oxygens (including phenoxy) is 1. The van der Waals surface area contributed by atoms with Gasteiger partial charge in [0, 0.05) is 17.8 Å². The molecule has 0 fully saturated rings. The SMILES string of the molecule is COc1ccc(-c2ccc(S(N)(=O)=O)cc2C)cn1. The van der Waals surface area contributed by atoms with Crippen LogP contribution in [0.5, 0.6) is 5.88 Å². The first kappa shape index (κ1) is 13.5. The molecule has 0 aliphatic rings. The number of nitrogens with zero attached hydrogens (tertiary/aromatic N) is 1. The van der Waals surface area contributed by atoms with Crippen molar-refractivity contribution in [1.29, 1.82) is 0 Å². The molecule has 0 aliphatic heterocycles. The number of hydrogen-bond donors (Lipinski definition) is 1. The molecule has 0 aliphatic carbocycles. The Morgan fingerprint density at radius 1 is 1.21 bits per heavy atom. The summed E-state index contributed by atoms with van der Waals surface area (Å²) in [5.74, 6) is 0.530. The largest absolute Gasteiger partial charge is 0.481 e. The third kappa shape index (κ3) is 2.91. The average Bonchev–Trinajstić information content (AvgIpc) is 2.38. The van der Waals surface area contributed by atoms with E-state index in [0.717, 1.165) is 16.7 Å². The van der Waals surface area contributed by atoms with E-state index in [4.69, 9.17) is 9.88 Å². The molecule has 0 radical (unpaired) electrons. The lowest BCUT2D eigenvalue weighted by atomic mass is 10.0. The summed E-state index contributed by atoms with van der Waals surface area (Å²) in [6.45, 7) is 1.83. The number of aromatic nitrogens is 1. The number of aryl methyl sites for hydroxylation is 1. The van der Waals surface area contributed by atoms with Crippen molar-refractivity contribution in [2.24, 2.45) is 5.14 Å². The van der Waals surface area contributed by atoms with Gasteiger partial charge < -0.3 is 4.74 Å². The maximum absolute atomic E-state index is 11.3. The van der Waals surface area contributed by atoms with E-state index in [-0.39, 0.29) is 4.90 Å². The van der Waals surface area contributed by atoms with Gasteiger partial charge in [0.05, 0.1) is 12.0 Å². The highest BCUT2D eigenvalue weighted by atomic mass is 32.2. The highest BCUT2D eigenvalue weighted by Gasteiger charge is 2.10. The van der Waals surface area contributed by atoms with Crippen LogP contribution in [0, 0.1) is 6.92 Å². The molecule has 6 heteroatoms. The van der Waals surface area contributed by atoms with Crippen molar-refractivity contribution in [2.75, 3.05) is 7.11 Å². The monoisotopic (exact) mass is 278 g/mol.